The summed E-state index contributed by atoms with van der Waals surface area (Å²) in [6, 6.07) is 2.29. The minimum Gasteiger partial charge on any atom is -0.341 e. The minimum absolute atomic E-state index is 0.129. The zero-order valence-corrected chi connectivity index (χ0v) is 15.6. The predicted octanol–water partition coefficient (Wildman–Crippen LogP) is 2.75. The summed E-state index contributed by atoms with van der Waals surface area (Å²) in [6.45, 7) is 0.880. The Morgan fingerprint density at radius 3 is 2.59 bits per heavy atom. The average Bonchev–Trinajstić information content (AvgIpc) is 3.31. The fourth-order valence-corrected chi connectivity index (χ4v) is 4.10. The molecule has 0 spiro atoms. The molecule has 6 nitrogen and oxygen atoms in total. The van der Waals surface area contributed by atoms with E-state index in [1.54, 1.807) is 4.90 Å². The van der Waals surface area contributed by atoms with Crippen LogP contribution in [0.5, 0.6) is 0 Å². The number of hydrogen-bond acceptors (Lipinski definition) is 3. The molecule has 29 heavy (non-hydrogen) atoms. The van der Waals surface area contributed by atoms with Crippen molar-refractivity contribution in [2.75, 3.05) is 13.1 Å². The van der Waals surface area contributed by atoms with Crippen molar-refractivity contribution >= 4 is 5.91 Å². The molecule has 2 aliphatic rings. The first-order valence-corrected chi connectivity index (χ1v) is 9.59. The molecule has 0 N–H and O–H groups in total. The van der Waals surface area contributed by atoms with Gasteiger partial charge >= 0.3 is 11.9 Å². The van der Waals surface area contributed by atoms with Gasteiger partial charge in [-0.3, -0.25) is 9.36 Å². The maximum absolute atomic E-state index is 14.3. The molecular weight excluding hydrogens is 392 g/mol. The highest BCUT2D eigenvalue weighted by Crippen LogP contribution is 2.32. The number of likely N-dealkylation sites (tertiary alicyclic amines) is 1. The van der Waals surface area contributed by atoms with E-state index in [1.165, 1.54) is 10.6 Å². The van der Waals surface area contributed by atoms with Crippen LogP contribution in [-0.2, 0) is 23.9 Å². The Balaban J connectivity index is 1.67. The van der Waals surface area contributed by atoms with Crippen LogP contribution in [0.15, 0.2) is 23.0 Å². The average molecular weight is 412 g/mol. The Labute approximate surface area is 163 Å². The van der Waals surface area contributed by atoms with Crippen molar-refractivity contribution in [3.63, 3.8) is 0 Å². The number of fused-ring (bicyclic) bond motifs is 1. The second-order valence-electron chi connectivity index (χ2n) is 7.44. The molecule has 0 radical (unpaired) electrons. The second-order valence-corrected chi connectivity index (χ2v) is 7.44. The number of halogens is 4. The molecule has 2 aromatic rings. The Bertz CT molecular complexity index is 989. The number of aryl methyl sites for hydroxylation is 1. The number of carbonyl (C=O) groups excluding carboxylic acids is 1. The highest BCUT2D eigenvalue weighted by atomic mass is 19.4. The molecule has 1 fully saturated rings. The third kappa shape index (κ3) is 3.56. The van der Waals surface area contributed by atoms with Crippen LogP contribution in [0.4, 0.5) is 17.6 Å². The third-order valence-electron chi connectivity index (χ3n) is 5.54. The SMILES string of the molecule is O=C([C@H]1CCCc2nn(Cc3cccc(C(F)(F)F)c3F)c(=O)n21)N1CCCC1. The molecule has 1 amide bonds. The third-order valence-corrected chi connectivity index (χ3v) is 5.54. The van der Waals surface area contributed by atoms with Gasteiger partial charge in [-0.15, -0.1) is 0 Å². The lowest BCUT2D eigenvalue weighted by Crippen LogP contribution is -2.41. The molecule has 1 saturated heterocycles. The van der Waals surface area contributed by atoms with Gasteiger partial charge in [0, 0.05) is 25.1 Å². The van der Waals surface area contributed by atoms with Crippen LogP contribution in [0.2, 0.25) is 0 Å². The van der Waals surface area contributed by atoms with E-state index in [9.17, 15) is 27.2 Å². The van der Waals surface area contributed by atoms with Crippen LogP contribution >= 0.6 is 0 Å². The Morgan fingerprint density at radius 1 is 1.17 bits per heavy atom. The molecule has 1 aromatic heterocycles. The van der Waals surface area contributed by atoms with Gasteiger partial charge in [-0.25, -0.2) is 13.9 Å². The molecule has 10 heteroatoms. The standard InChI is InChI=1S/C19H20F4N4O2/c20-16-12(5-3-6-13(16)19(21,22)23)11-26-18(29)27-14(7-4-8-15(27)24-26)17(28)25-9-1-2-10-25/h3,5-6,14H,1-2,4,7-11H2/t14-/m1/s1. The lowest BCUT2D eigenvalue weighted by atomic mass is 10.0. The lowest BCUT2D eigenvalue weighted by Gasteiger charge is -2.27. The molecule has 1 atom stereocenters. The van der Waals surface area contributed by atoms with E-state index in [0.29, 0.717) is 44.2 Å². The van der Waals surface area contributed by atoms with Crippen LogP contribution in [-0.4, -0.2) is 38.2 Å². The fourth-order valence-electron chi connectivity index (χ4n) is 4.10. The number of nitrogens with zero attached hydrogens (tertiary/aromatic N) is 4. The maximum atomic E-state index is 14.3. The zero-order chi connectivity index (χ0) is 20.8. The van der Waals surface area contributed by atoms with E-state index in [-0.39, 0.29) is 11.5 Å². The van der Waals surface area contributed by atoms with E-state index in [1.807, 2.05) is 0 Å². The van der Waals surface area contributed by atoms with Gasteiger partial charge in [-0.1, -0.05) is 12.1 Å². The maximum Gasteiger partial charge on any atom is 0.419 e. The number of benzene rings is 1. The number of alkyl halides is 3. The van der Waals surface area contributed by atoms with Crippen molar-refractivity contribution in [3.05, 3.63) is 51.5 Å². The fraction of sp³-hybridized carbons (Fsp3) is 0.526. The van der Waals surface area contributed by atoms with Crippen LogP contribution in [0, 0.1) is 5.82 Å². The van der Waals surface area contributed by atoms with Gasteiger partial charge in [0.05, 0.1) is 12.1 Å². The largest absolute Gasteiger partial charge is 0.419 e. The van der Waals surface area contributed by atoms with Gasteiger partial charge < -0.3 is 4.90 Å². The lowest BCUT2D eigenvalue weighted by molar-refractivity contribution is -0.140. The molecule has 0 unspecified atom stereocenters. The summed E-state index contributed by atoms with van der Waals surface area (Å²) < 4.78 is 55.5. The Hall–Kier alpha value is -2.65. The molecular formula is C19H20F4N4O2. The normalized spacial score (nSPS) is 19.4. The van der Waals surface area contributed by atoms with E-state index in [2.05, 4.69) is 5.10 Å². The molecule has 0 bridgehead atoms. The van der Waals surface area contributed by atoms with Crippen LogP contribution in [0.25, 0.3) is 0 Å². The molecule has 156 valence electrons. The van der Waals surface area contributed by atoms with Crippen molar-refractivity contribution in [2.24, 2.45) is 0 Å². The summed E-state index contributed by atoms with van der Waals surface area (Å²) in [6.07, 6.45) is -1.31. The Kier molecular flexibility index (Phi) is 4.95. The van der Waals surface area contributed by atoms with Gasteiger partial charge in [0.2, 0.25) is 5.91 Å². The van der Waals surface area contributed by atoms with Crippen molar-refractivity contribution in [3.8, 4) is 0 Å². The number of hydrogen-bond donors (Lipinski definition) is 0. The number of amides is 1. The number of rotatable bonds is 3. The first kappa shape index (κ1) is 19.7. The van der Waals surface area contributed by atoms with Gasteiger partial charge in [0.15, 0.2) is 0 Å². The predicted molar refractivity (Wildman–Crippen MR) is 94.8 cm³/mol. The van der Waals surface area contributed by atoms with E-state index >= 15 is 0 Å². The molecule has 3 heterocycles. The Morgan fingerprint density at radius 2 is 1.90 bits per heavy atom. The quantitative estimate of drug-likeness (QED) is 0.729. The van der Waals surface area contributed by atoms with Crippen LogP contribution in [0.1, 0.15) is 48.7 Å². The molecule has 2 aliphatic heterocycles. The zero-order valence-electron chi connectivity index (χ0n) is 15.6. The summed E-state index contributed by atoms with van der Waals surface area (Å²) in [5.41, 5.74) is -2.26. The molecule has 1 aromatic carbocycles. The van der Waals surface area contributed by atoms with Gasteiger partial charge in [-0.2, -0.15) is 18.3 Å². The van der Waals surface area contributed by atoms with Crippen molar-refractivity contribution in [2.45, 2.75) is 50.9 Å². The van der Waals surface area contributed by atoms with Crippen LogP contribution < -0.4 is 5.69 Å². The first-order valence-electron chi connectivity index (χ1n) is 9.59. The van der Waals surface area contributed by atoms with Gasteiger partial charge in [0.1, 0.15) is 17.7 Å². The summed E-state index contributed by atoms with van der Waals surface area (Å²) in [4.78, 5) is 27.5. The molecule has 0 saturated carbocycles. The van der Waals surface area contributed by atoms with Crippen LogP contribution in [0.3, 0.4) is 0 Å². The number of aromatic nitrogens is 3. The first-order chi connectivity index (χ1) is 13.8. The highest BCUT2D eigenvalue weighted by Gasteiger charge is 2.36. The van der Waals surface area contributed by atoms with Crippen molar-refractivity contribution in [1.82, 2.24) is 19.2 Å². The van der Waals surface area contributed by atoms with Crippen molar-refractivity contribution < 1.29 is 22.4 Å². The molecule has 4 rings (SSSR count). The van der Waals surface area contributed by atoms with Gasteiger partial charge in [0.25, 0.3) is 0 Å². The summed E-state index contributed by atoms with van der Waals surface area (Å²) in [5, 5.41) is 4.19. The van der Waals surface area contributed by atoms with E-state index < -0.39 is 35.8 Å². The summed E-state index contributed by atoms with van der Waals surface area (Å²) in [7, 11) is 0. The molecule has 0 aliphatic carbocycles. The number of carbonyl (C=O) groups is 1. The topological polar surface area (TPSA) is 60.1 Å². The summed E-state index contributed by atoms with van der Waals surface area (Å²) >= 11 is 0. The highest BCUT2D eigenvalue weighted by molar-refractivity contribution is 5.80. The van der Waals surface area contributed by atoms with Gasteiger partial charge in [-0.05, 0) is 31.7 Å². The monoisotopic (exact) mass is 412 g/mol. The van der Waals surface area contributed by atoms with Crippen molar-refractivity contribution in [1.29, 1.82) is 0 Å². The minimum atomic E-state index is -4.83. The van der Waals surface area contributed by atoms with E-state index in [4.69, 9.17) is 0 Å². The second kappa shape index (κ2) is 7.31. The smallest absolute Gasteiger partial charge is 0.341 e. The summed E-state index contributed by atoms with van der Waals surface area (Å²) in [5.74, 6) is -1.14. The van der Waals surface area contributed by atoms with E-state index in [0.717, 1.165) is 23.6 Å².